The van der Waals surface area contributed by atoms with Gasteiger partial charge in [0.1, 0.15) is 0 Å². The van der Waals surface area contributed by atoms with E-state index in [1.54, 1.807) is 0 Å². The van der Waals surface area contributed by atoms with Gasteiger partial charge in [0.15, 0.2) is 0 Å². The van der Waals surface area contributed by atoms with Crippen molar-refractivity contribution in [2.45, 2.75) is 32.2 Å². The minimum absolute atomic E-state index is 0.781. The zero-order chi connectivity index (χ0) is 12.7. The molecule has 0 atom stereocenters. The highest BCUT2D eigenvalue weighted by Gasteiger charge is 2.20. The number of fused-ring (bicyclic) bond motifs is 1. The Morgan fingerprint density at radius 2 is 2.17 bits per heavy atom. The van der Waals surface area contributed by atoms with E-state index in [4.69, 9.17) is 11.6 Å². The molecule has 18 heavy (non-hydrogen) atoms. The van der Waals surface area contributed by atoms with Crippen molar-refractivity contribution in [2.24, 2.45) is 7.05 Å². The van der Waals surface area contributed by atoms with Crippen LogP contribution in [0.4, 0.5) is 0 Å². The summed E-state index contributed by atoms with van der Waals surface area (Å²) in [6.45, 7) is 3.26. The van der Waals surface area contributed by atoms with Crippen LogP contribution >= 0.6 is 11.6 Å². The number of nitrogens with one attached hydrogen (secondary N) is 1. The first-order valence-electron chi connectivity index (χ1n) is 6.63. The van der Waals surface area contributed by atoms with E-state index in [9.17, 15) is 0 Å². The molecule has 1 aromatic carbocycles. The minimum Gasteiger partial charge on any atom is -0.348 e. The summed E-state index contributed by atoms with van der Waals surface area (Å²) in [5, 5.41) is 5.71. The third-order valence-corrected chi connectivity index (χ3v) is 4.21. The number of aryl methyl sites for hydroxylation is 1. The van der Waals surface area contributed by atoms with Gasteiger partial charge in [-0.05, 0) is 56.5 Å². The molecule has 0 radical (unpaired) electrons. The summed E-state index contributed by atoms with van der Waals surface area (Å²) in [7, 11) is 2.13. The van der Waals surface area contributed by atoms with Crippen molar-refractivity contribution in [3.8, 4) is 0 Å². The van der Waals surface area contributed by atoms with Gasteiger partial charge in [-0.2, -0.15) is 0 Å². The molecule has 2 nitrogen and oxygen atoms in total. The first-order valence-corrected chi connectivity index (χ1v) is 7.01. The first kappa shape index (κ1) is 12.1. The molecule has 0 saturated heterocycles. The molecular formula is C15H19ClN2. The Morgan fingerprint density at radius 1 is 1.39 bits per heavy atom. The molecule has 1 fully saturated rings. The van der Waals surface area contributed by atoms with Crippen molar-refractivity contribution in [2.75, 3.05) is 6.54 Å². The average molecular weight is 263 g/mol. The van der Waals surface area contributed by atoms with Gasteiger partial charge in [0.25, 0.3) is 0 Å². The Labute approximate surface area is 113 Å². The fraction of sp³-hybridized carbons (Fsp3) is 0.467. The normalized spacial score (nSPS) is 15.5. The molecule has 0 spiro atoms. The fourth-order valence-corrected chi connectivity index (χ4v) is 2.80. The molecule has 3 heteroatoms. The number of rotatable bonds is 4. The van der Waals surface area contributed by atoms with E-state index in [1.807, 2.05) is 6.07 Å². The average Bonchev–Trinajstić information content (AvgIpc) is 3.13. The van der Waals surface area contributed by atoms with Gasteiger partial charge in [-0.3, -0.25) is 0 Å². The quantitative estimate of drug-likeness (QED) is 0.893. The van der Waals surface area contributed by atoms with E-state index in [-0.39, 0.29) is 0 Å². The van der Waals surface area contributed by atoms with Crippen LogP contribution in [0.25, 0.3) is 10.9 Å². The van der Waals surface area contributed by atoms with Crippen LogP contribution in [0.5, 0.6) is 0 Å². The monoisotopic (exact) mass is 262 g/mol. The molecule has 1 N–H and O–H groups in total. The van der Waals surface area contributed by atoms with E-state index in [0.29, 0.717) is 0 Å². The standard InChI is InChI=1S/C15H19ClN2/c1-10-13(7-8-17-12-4-5-12)14-9-11(16)3-6-15(14)18(10)2/h3,6,9,12,17H,4-5,7-8H2,1-2H3. The Bertz CT molecular complexity index is 582. The van der Waals surface area contributed by atoms with Gasteiger partial charge in [-0.15, -0.1) is 0 Å². The van der Waals surface area contributed by atoms with Crippen molar-refractivity contribution >= 4 is 22.5 Å². The van der Waals surface area contributed by atoms with Crippen molar-refractivity contribution in [1.82, 2.24) is 9.88 Å². The summed E-state index contributed by atoms with van der Waals surface area (Å²) in [6, 6.07) is 6.96. The molecule has 0 amide bonds. The predicted molar refractivity (Wildman–Crippen MR) is 77.4 cm³/mol. The summed E-state index contributed by atoms with van der Waals surface area (Å²) < 4.78 is 2.26. The molecule has 1 aromatic heterocycles. The lowest BCUT2D eigenvalue weighted by molar-refractivity contribution is 0.680. The van der Waals surface area contributed by atoms with Crippen molar-refractivity contribution in [1.29, 1.82) is 0 Å². The predicted octanol–water partition coefficient (Wildman–Crippen LogP) is 3.43. The van der Waals surface area contributed by atoms with Gasteiger partial charge < -0.3 is 9.88 Å². The summed E-state index contributed by atoms with van der Waals surface area (Å²) in [5.74, 6) is 0. The number of aromatic nitrogens is 1. The summed E-state index contributed by atoms with van der Waals surface area (Å²) >= 11 is 6.12. The second-order valence-corrected chi connectivity index (χ2v) is 5.70. The Kier molecular flexibility index (Phi) is 3.08. The van der Waals surface area contributed by atoms with Crippen LogP contribution in [0.1, 0.15) is 24.1 Å². The maximum absolute atomic E-state index is 6.12. The van der Waals surface area contributed by atoms with E-state index < -0.39 is 0 Å². The highest BCUT2D eigenvalue weighted by Crippen LogP contribution is 2.28. The molecule has 0 bridgehead atoms. The van der Waals surface area contributed by atoms with Crippen molar-refractivity contribution in [3.05, 3.63) is 34.5 Å². The largest absolute Gasteiger partial charge is 0.348 e. The topological polar surface area (TPSA) is 17.0 Å². The molecule has 2 aromatic rings. The van der Waals surface area contributed by atoms with Crippen LogP contribution in [0.2, 0.25) is 5.02 Å². The van der Waals surface area contributed by atoms with E-state index in [1.165, 1.54) is 35.0 Å². The third-order valence-electron chi connectivity index (χ3n) is 3.97. The van der Waals surface area contributed by atoms with Crippen LogP contribution in [-0.4, -0.2) is 17.2 Å². The molecular weight excluding hydrogens is 244 g/mol. The zero-order valence-corrected chi connectivity index (χ0v) is 11.7. The molecule has 0 aliphatic heterocycles. The maximum Gasteiger partial charge on any atom is 0.0483 e. The molecule has 3 rings (SSSR count). The van der Waals surface area contributed by atoms with Gasteiger partial charge in [-0.1, -0.05) is 11.6 Å². The van der Waals surface area contributed by atoms with Crippen molar-refractivity contribution in [3.63, 3.8) is 0 Å². The van der Waals surface area contributed by atoms with Gasteiger partial charge >= 0.3 is 0 Å². The second kappa shape index (κ2) is 4.60. The van der Waals surface area contributed by atoms with Crippen LogP contribution in [0, 0.1) is 6.92 Å². The number of halogens is 1. The lowest BCUT2D eigenvalue weighted by Gasteiger charge is -2.04. The molecule has 96 valence electrons. The lowest BCUT2D eigenvalue weighted by atomic mass is 10.1. The lowest BCUT2D eigenvalue weighted by Crippen LogP contribution is -2.19. The number of hydrogen-bond donors (Lipinski definition) is 1. The van der Waals surface area contributed by atoms with Gasteiger partial charge in [0.2, 0.25) is 0 Å². The summed E-state index contributed by atoms with van der Waals surface area (Å²) in [6.07, 6.45) is 3.78. The molecule has 1 saturated carbocycles. The Balaban J connectivity index is 1.92. The Hall–Kier alpha value is -0.990. The molecule has 0 unspecified atom stereocenters. The van der Waals surface area contributed by atoms with E-state index >= 15 is 0 Å². The van der Waals surface area contributed by atoms with E-state index in [2.05, 4.69) is 36.0 Å². The highest BCUT2D eigenvalue weighted by molar-refractivity contribution is 6.31. The Morgan fingerprint density at radius 3 is 2.89 bits per heavy atom. The maximum atomic E-state index is 6.12. The van der Waals surface area contributed by atoms with Gasteiger partial charge in [-0.25, -0.2) is 0 Å². The zero-order valence-electron chi connectivity index (χ0n) is 11.0. The third kappa shape index (κ3) is 2.15. The van der Waals surface area contributed by atoms with Gasteiger partial charge in [0.05, 0.1) is 0 Å². The molecule has 1 aliphatic rings. The highest BCUT2D eigenvalue weighted by atomic mass is 35.5. The van der Waals surface area contributed by atoms with Crippen molar-refractivity contribution < 1.29 is 0 Å². The van der Waals surface area contributed by atoms with E-state index in [0.717, 1.165) is 24.0 Å². The number of hydrogen-bond acceptors (Lipinski definition) is 1. The smallest absolute Gasteiger partial charge is 0.0483 e. The molecule has 1 aliphatic carbocycles. The number of nitrogens with zero attached hydrogens (tertiary/aromatic N) is 1. The number of benzene rings is 1. The second-order valence-electron chi connectivity index (χ2n) is 5.26. The summed E-state index contributed by atoms with van der Waals surface area (Å²) in [5.41, 5.74) is 4.06. The van der Waals surface area contributed by atoms with Crippen LogP contribution in [0.3, 0.4) is 0 Å². The fourth-order valence-electron chi connectivity index (χ4n) is 2.62. The minimum atomic E-state index is 0.781. The van der Waals surface area contributed by atoms with Crippen LogP contribution < -0.4 is 5.32 Å². The first-order chi connectivity index (χ1) is 8.66. The molecule has 1 heterocycles. The van der Waals surface area contributed by atoms with Crippen LogP contribution in [-0.2, 0) is 13.5 Å². The van der Waals surface area contributed by atoms with Gasteiger partial charge in [0, 0.05) is 34.7 Å². The van der Waals surface area contributed by atoms with Crippen LogP contribution in [0.15, 0.2) is 18.2 Å². The summed E-state index contributed by atoms with van der Waals surface area (Å²) in [4.78, 5) is 0. The SMILES string of the molecule is Cc1c(CCNC2CC2)c2cc(Cl)ccc2n1C.